The molecule has 0 saturated carbocycles. The number of carbonyl (C=O) groups is 1. The van der Waals surface area contributed by atoms with Crippen LogP contribution in [0.5, 0.6) is 0 Å². The molecule has 1 aliphatic rings. The summed E-state index contributed by atoms with van der Waals surface area (Å²) in [6, 6.07) is 3.64. The second-order valence-electron chi connectivity index (χ2n) is 5.27. The Morgan fingerprint density at radius 3 is 2.90 bits per heavy atom. The normalized spacial score (nSPS) is 22.6. The van der Waals surface area contributed by atoms with Crippen molar-refractivity contribution in [3.63, 3.8) is 0 Å². The Bertz CT molecular complexity index is 700. The van der Waals surface area contributed by atoms with Crippen molar-refractivity contribution in [2.75, 3.05) is 18.0 Å². The van der Waals surface area contributed by atoms with Gasteiger partial charge in [0.15, 0.2) is 5.58 Å². The van der Waals surface area contributed by atoms with Gasteiger partial charge in [0.05, 0.1) is 10.4 Å². The number of halogens is 2. The molecule has 0 amide bonds. The van der Waals surface area contributed by atoms with E-state index in [1.807, 2.05) is 4.90 Å². The van der Waals surface area contributed by atoms with Gasteiger partial charge in [-0.3, -0.25) is 4.79 Å². The SMILES string of the molecule is CC1(C(=O)O)CCN(c2nc3cc(Cl)cc(Cl)c3o2)C1. The van der Waals surface area contributed by atoms with Crippen molar-refractivity contribution in [2.24, 2.45) is 5.41 Å². The van der Waals surface area contributed by atoms with Crippen LogP contribution in [0, 0.1) is 5.41 Å². The summed E-state index contributed by atoms with van der Waals surface area (Å²) >= 11 is 12.0. The van der Waals surface area contributed by atoms with Crippen LogP contribution in [0.2, 0.25) is 10.0 Å². The lowest BCUT2D eigenvalue weighted by Crippen LogP contribution is -2.31. The molecule has 2 aromatic rings. The number of anilines is 1. The smallest absolute Gasteiger partial charge is 0.311 e. The number of rotatable bonds is 2. The largest absolute Gasteiger partial charge is 0.481 e. The summed E-state index contributed by atoms with van der Waals surface area (Å²) in [6.07, 6.45) is 0.551. The number of aromatic nitrogens is 1. The van der Waals surface area contributed by atoms with Crippen LogP contribution in [0.15, 0.2) is 16.5 Å². The van der Waals surface area contributed by atoms with Gasteiger partial charge in [-0.25, -0.2) is 0 Å². The molecular weight excluding hydrogens is 303 g/mol. The van der Waals surface area contributed by atoms with E-state index in [-0.39, 0.29) is 0 Å². The van der Waals surface area contributed by atoms with Crippen LogP contribution >= 0.6 is 23.2 Å². The fourth-order valence-electron chi connectivity index (χ4n) is 2.38. The van der Waals surface area contributed by atoms with Gasteiger partial charge in [0.25, 0.3) is 6.01 Å². The lowest BCUT2D eigenvalue weighted by Gasteiger charge is -2.18. The van der Waals surface area contributed by atoms with E-state index in [9.17, 15) is 9.90 Å². The van der Waals surface area contributed by atoms with Crippen molar-refractivity contribution in [3.05, 3.63) is 22.2 Å². The summed E-state index contributed by atoms with van der Waals surface area (Å²) in [5.74, 6) is -0.808. The maximum atomic E-state index is 11.3. The molecule has 2 heterocycles. The Morgan fingerprint density at radius 2 is 2.25 bits per heavy atom. The van der Waals surface area contributed by atoms with E-state index in [1.54, 1.807) is 19.1 Å². The summed E-state index contributed by atoms with van der Waals surface area (Å²) in [5, 5.41) is 10.1. The van der Waals surface area contributed by atoms with Crippen LogP contribution in [0.4, 0.5) is 6.01 Å². The zero-order valence-corrected chi connectivity index (χ0v) is 12.2. The van der Waals surface area contributed by atoms with Crippen LogP contribution in [0.25, 0.3) is 11.1 Å². The number of carboxylic acids is 1. The van der Waals surface area contributed by atoms with Gasteiger partial charge in [-0.15, -0.1) is 0 Å². The Morgan fingerprint density at radius 1 is 1.50 bits per heavy atom. The van der Waals surface area contributed by atoms with E-state index in [0.29, 0.717) is 46.7 Å². The Kier molecular flexibility index (Phi) is 3.06. The van der Waals surface area contributed by atoms with E-state index in [4.69, 9.17) is 27.6 Å². The molecule has 0 spiro atoms. The van der Waals surface area contributed by atoms with Crippen molar-refractivity contribution in [2.45, 2.75) is 13.3 Å². The summed E-state index contributed by atoms with van der Waals surface area (Å²) in [5.41, 5.74) is 0.263. The number of fused-ring (bicyclic) bond motifs is 1. The van der Waals surface area contributed by atoms with E-state index in [0.717, 1.165) is 0 Å². The average Bonchev–Trinajstić information content (AvgIpc) is 2.93. The van der Waals surface area contributed by atoms with Crippen LogP contribution in [0.3, 0.4) is 0 Å². The predicted molar refractivity (Wildman–Crippen MR) is 76.6 cm³/mol. The topological polar surface area (TPSA) is 66.6 Å². The standard InChI is InChI=1S/C13H12Cl2N2O3/c1-13(11(18)19)2-3-17(6-13)12-16-9-5-7(14)4-8(15)10(9)20-12/h4-5H,2-3,6H2,1H3,(H,18,19). The minimum absolute atomic E-state index is 0.362. The number of carboxylic acid groups (broad SMARTS) is 1. The second-order valence-corrected chi connectivity index (χ2v) is 6.11. The Balaban J connectivity index is 1.96. The van der Waals surface area contributed by atoms with E-state index in [2.05, 4.69) is 4.98 Å². The van der Waals surface area contributed by atoms with Crippen LogP contribution in [-0.2, 0) is 4.79 Å². The Labute approximate surface area is 125 Å². The van der Waals surface area contributed by atoms with Crippen molar-refractivity contribution in [1.82, 2.24) is 4.98 Å². The summed E-state index contributed by atoms with van der Waals surface area (Å²) in [7, 11) is 0. The lowest BCUT2D eigenvalue weighted by atomic mass is 9.90. The van der Waals surface area contributed by atoms with E-state index >= 15 is 0 Å². The molecule has 1 aromatic heterocycles. The maximum Gasteiger partial charge on any atom is 0.311 e. The second kappa shape index (κ2) is 4.53. The fraction of sp³-hybridized carbons (Fsp3) is 0.385. The molecule has 1 aliphatic heterocycles. The third-order valence-corrected chi connectivity index (χ3v) is 4.16. The van der Waals surface area contributed by atoms with Gasteiger partial charge in [-0.05, 0) is 25.5 Å². The van der Waals surface area contributed by atoms with Gasteiger partial charge in [0, 0.05) is 18.1 Å². The van der Waals surface area contributed by atoms with Crippen molar-refractivity contribution >= 4 is 46.3 Å². The first-order chi connectivity index (χ1) is 9.39. The molecule has 3 rings (SSSR count). The van der Waals surface area contributed by atoms with Gasteiger partial charge in [0.2, 0.25) is 0 Å². The predicted octanol–water partition coefficient (Wildman–Crippen LogP) is 3.44. The Hall–Kier alpha value is -1.46. The van der Waals surface area contributed by atoms with Crippen molar-refractivity contribution in [1.29, 1.82) is 0 Å². The molecular formula is C13H12Cl2N2O3. The zero-order chi connectivity index (χ0) is 14.5. The van der Waals surface area contributed by atoms with Gasteiger partial charge < -0.3 is 14.4 Å². The molecule has 1 N–H and O–H groups in total. The lowest BCUT2D eigenvalue weighted by molar-refractivity contribution is -0.146. The van der Waals surface area contributed by atoms with Crippen LogP contribution in [0.1, 0.15) is 13.3 Å². The third kappa shape index (κ3) is 2.11. The highest BCUT2D eigenvalue weighted by atomic mass is 35.5. The first-order valence-corrected chi connectivity index (χ1v) is 6.88. The minimum atomic E-state index is -0.808. The average molecular weight is 315 g/mol. The van der Waals surface area contributed by atoms with Crippen molar-refractivity contribution < 1.29 is 14.3 Å². The quantitative estimate of drug-likeness (QED) is 0.919. The van der Waals surface area contributed by atoms with Crippen LogP contribution < -0.4 is 4.90 Å². The van der Waals surface area contributed by atoms with Crippen molar-refractivity contribution in [3.8, 4) is 0 Å². The number of hydrogen-bond donors (Lipinski definition) is 1. The number of hydrogen-bond acceptors (Lipinski definition) is 4. The summed E-state index contributed by atoms with van der Waals surface area (Å²) < 4.78 is 5.64. The van der Waals surface area contributed by atoms with Crippen LogP contribution in [-0.4, -0.2) is 29.1 Å². The molecule has 5 nitrogen and oxygen atoms in total. The molecule has 1 aromatic carbocycles. The number of aliphatic carboxylic acids is 1. The molecule has 1 unspecified atom stereocenters. The van der Waals surface area contributed by atoms with Gasteiger partial charge in [-0.1, -0.05) is 23.2 Å². The summed E-state index contributed by atoms with van der Waals surface area (Å²) in [4.78, 5) is 17.4. The first-order valence-electron chi connectivity index (χ1n) is 6.13. The number of oxazole rings is 1. The maximum absolute atomic E-state index is 11.3. The van der Waals surface area contributed by atoms with E-state index < -0.39 is 11.4 Å². The fourth-order valence-corrected chi connectivity index (χ4v) is 2.90. The zero-order valence-electron chi connectivity index (χ0n) is 10.7. The molecule has 106 valence electrons. The van der Waals surface area contributed by atoms with E-state index in [1.165, 1.54) is 0 Å². The summed E-state index contributed by atoms with van der Waals surface area (Å²) in [6.45, 7) is 2.67. The number of benzene rings is 1. The molecule has 7 heteroatoms. The monoisotopic (exact) mass is 314 g/mol. The highest BCUT2D eigenvalue weighted by Crippen LogP contribution is 2.36. The van der Waals surface area contributed by atoms with Gasteiger partial charge in [-0.2, -0.15) is 4.98 Å². The first kappa shape index (κ1) is 13.5. The molecule has 0 radical (unpaired) electrons. The molecule has 20 heavy (non-hydrogen) atoms. The highest BCUT2D eigenvalue weighted by Gasteiger charge is 2.42. The third-order valence-electron chi connectivity index (χ3n) is 3.66. The van der Waals surface area contributed by atoms with Gasteiger partial charge in [0.1, 0.15) is 5.52 Å². The molecule has 0 aliphatic carbocycles. The molecule has 1 fully saturated rings. The van der Waals surface area contributed by atoms with Gasteiger partial charge >= 0.3 is 5.97 Å². The molecule has 1 saturated heterocycles. The highest BCUT2D eigenvalue weighted by molar-refractivity contribution is 6.38. The number of nitrogens with zero attached hydrogens (tertiary/aromatic N) is 2. The molecule has 0 bridgehead atoms. The minimum Gasteiger partial charge on any atom is -0.481 e. The molecule has 1 atom stereocenters.